The second kappa shape index (κ2) is 9.65. The molecule has 1 aromatic heterocycles. The van der Waals surface area contributed by atoms with Crippen molar-refractivity contribution in [3.63, 3.8) is 0 Å². The lowest BCUT2D eigenvalue weighted by molar-refractivity contribution is -0.161. The molecule has 2 heterocycles. The lowest BCUT2D eigenvalue weighted by Crippen LogP contribution is -2.68. The van der Waals surface area contributed by atoms with Crippen LogP contribution < -0.4 is 5.32 Å². The minimum atomic E-state index is -0.913. The van der Waals surface area contributed by atoms with Crippen LogP contribution in [0.25, 0.3) is 10.9 Å². The van der Waals surface area contributed by atoms with Crippen LogP contribution in [-0.2, 0) is 34.3 Å². The molecule has 0 spiro atoms. The molecule has 3 amide bonds. The molecule has 8 heteroatoms. The van der Waals surface area contributed by atoms with Crippen molar-refractivity contribution in [2.24, 2.45) is 18.9 Å². The van der Waals surface area contributed by atoms with E-state index in [1.54, 1.807) is 29.9 Å². The van der Waals surface area contributed by atoms with Crippen LogP contribution in [0, 0.1) is 11.8 Å². The molecule has 194 valence electrons. The van der Waals surface area contributed by atoms with Crippen LogP contribution in [0.3, 0.4) is 0 Å². The fourth-order valence-electron chi connectivity index (χ4n) is 5.94. The first-order valence-electron chi connectivity index (χ1n) is 13.0. The van der Waals surface area contributed by atoms with Gasteiger partial charge in [-0.3, -0.25) is 19.1 Å². The molecule has 1 N–H and O–H groups in total. The number of hydrogen-bond donors (Lipinski definition) is 1. The SMILES string of the molecule is CC[C@@H](C)C1C(=O)N[C@@H](C2Cc3ccccc3C2)C(=O)N1[C@H](C(=O)N(C)C)c1ccc2c(cnn2C)c1. The quantitative estimate of drug-likeness (QED) is 0.563. The number of amides is 3. The summed E-state index contributed by atoms with van der Waals surface area (Å²) in [7, 11) is 5.25. The van der Waals surface area contributed by atoms with Crippen molar-refractivity contribution in [1.82, 2.24) is 24.9 Å². The number of piperazine rings is 1. The van der Waals surface area contributed by atoms with Gasteiger partial charge in [-0.1, -0.05) is 50.6 Å². The molecule has 0 radical (unpaired) electrons. The molecule has 5 rings (SSSR count). The average Bonchev–Trinajstić information content (AvgIpc) is 3.48. The summed E-state index contributed by atoms with van der Waals surface area (Å²) >= 11 is 0. The van der Waals surface area contributed by atoms with Crippen molar-refractivity contribution in [3.05, 3.63) is 65.4 Å². The first-order valence-corrected chi connectivity index (χ1v) is 13.0. The molecule has 0 saturated carbocycles. The number of nitrogens with zero attached hydrogens (tertiary/aromatic N) is 4. The fraction of sp³-hybridized carbons (Fsp3) is 0.448. The van der Waals surface area contributed by atoms with Gasteiger partial charge in [-0.25, -0.2) is 0 Å². The Morgan fingerprint density at radius 1 is 1.14 bits per heavy atom. The standard InChI is InChI=1S/C29H35N5O3/c1-6-17(2)25-27(35)31-24(21-13-18-9-7-8-10-19(18)14-21)28(36)34(25)26(29(37)32(3)4)20-11-12-23-22(15-20)16-30-33(23)5/h7-12,15-17,21,24-26H,6,13-14H2,1-5H3,(H,31,35)/t17-,24+,25?,26+/m1/s1. The smallest absolute Gasteiger partial charge is 0.249 e. The second-order valence-electron chi connectivity index (χ2n) is 10.7. The Morgan fingerprint density at radius 3 is 2.43 bits per heavy atom. The van der Waals surface area contributed by atoms with Crippen LogP contribution in [-0.4, -0.2) is 63.5 Å². The number of carbonyl (C=O) groups excluding carboxylic acids is 3. The summed E-state index contributed by atoms with van der Waals surface area (Å²) in [6, 6.07) is 11.6. The van der Waals surface area contributed by atoms with E-state index in [0.717, 1.165) is 23.7 Å². The van der Waals surface area contributed by atoms with Gasteiger partial charge in [0.05, 0.1) is 11.7 Å². The maximum Gasteiger partial charge on any atom is 0.249 e. The summed E-state index contributed by atoms with van der Waals surface area (Å²) in [4.78, 5) is 44.9. The van der Waals surface area contributed by atoms with E-state index in [-0.39, 0.29) is 29.6 Å². The third-order valence-electron chi connectivity index (χ3n) is 8.16. The molecular formula is C29H35N5O3. The molecule has 1 saturated heterocycles. The van der Waals surface area contributed by atoms with Crippen LogP contribution in [0.1, 0.15) is 43.0 Å². The summed E-state index contributed by atoms with van der Waals surface area (Å²) < 4.78 is 1.77. The molecule has 4 atom stereocenters. The fourth-order valence-corrected chi connectivity index (χ4v) is 5.94. The Kier molecular flexibility index (Phi) is 6.52. The maximum absolute atomic E-state index is 14.4. The molecule has 1 unspecified atom stereocenters. The summed E-state index contributed by atoms with van der Waals surface area (Å²) in [5.74, 6) is -0.772. The zero-order chi connectivity index (χ0) is 26.4. The third-order valence-corrected chi connectivity index (χ3v) is 8.16. The van der Waals surface area contributed by atoms with Gasteiger partial charge in [-0.2, -0.15) is 5.10 Å². The summed E-state index contributed by atoms with van der Waals surface area (Å²) in [6.45, 7) is 3.97. The molecule has 1 aliphatic carbocycles. The van der Waals surface area contributed by atoms with E-state index in [4.69, 9.17) is 0 Å². The van der Waals surface area contributed by atoms with Crippen molar-refractivity contribution in [1.29, 1.82) is 0 Å². The van der Waals surface area contributed by atoms with Crippen molar-refractivity contribution >= 4 is 28.6 Å². The van der Waals surface area contributed by atoms with Gasteiger partial charge < -0.3 is 15.1 Å². The average molecular weight is 502 g/mol. The molecule has 1 aliphatic heterocycles. The van der Waals surface area contributed by atoms with Crippen molar-refractivity contribution in [2.45, 2.75) is 51.2 Å². The molecule has 0 bridgehead atoms. The minimum absolute atomic E-state index is 0.0508. The van der Waals surface area contributed by atoms with Crippen molar-refractivity contribution in [2.75, 3.05) is 14.1 Å². The number of hydrogen-bond acceptors (Lipinski definition) is 4. The Labute approximate surface area is 217 Å². The van der Waals surface area contributed by atoms with Crippen LogP contribution in [0.5, 0.6) is 0 Å². The largest absolute Gasteiger partial charge is 0.347 e. The van der Waals surface area contributed by atoms with E-state index < -0.39 is 18.1 Å². The minimum Gasteiger partial charge on any atom is -0.347 e. The molecule has 2 aliphatic rings. The second-order valence-corrected chi connectivity index (χ2v) is 10.7. The van der Waals surface area contributed by atoms with Gasteiger partial charge in [-0.05, 0) is 53.5 Å². The lowest BCUT2D eigenvalue weighted by atomic mass is 9.85. The highest BCUT2D eigenvalue weighted by molar-refractivity contribution is 6.00. The van der Waals surface area contributed by atoms with E-state index in [0.29, 0.717) is 12.0 Å². The normalized spacial score (nSPS) is 21.6. The Bertz CT molecular complexity index is 1340. The molecule has 37 heavy (non-hydrogen) atoms. The summed E-state index contributed by atoms with van der Waals surface area (Å²) in [5, 5.41) is 8.29. The van der Waals surface area contributed by atoms with E-state index in [2.05, 4.69) is 22.5 Å². The number of likely N-dealkylation sites (N-methyl/N-ethyl adjacent to an activating group) is 1. The number of fused-ring (bicyclic) bond motifs is 2. The van der Waals surface area contributed by atoms with Gasteiger partial charge in [-0.15, -0.1) is 0 Å². The van der Waals surface area contributed by atoms with Gasteiger partial charge in [0.1, 0.15) is 18.1 Å². The van der Waals surface area contributed by atoms with Gasteiger partial charge in [0, 0.05) is 26.5 Å². The van der Waals surface area contributed by atoms with Crippen LogP contribution in [0.4, 0.5) is 0 Å². The molecule has 8 nitrogen and oxygen atoms in total. The zero-order valence-corrected chi connectivity index (χ0v) is 22.1. The summed E-state index contributed by atoms with van der Waals surface area (Å²) in [6.07, 6.45) is 3.91. The van der Waals surface area contributed by atoms with Crippen LogP contribution in [0.15, 0.2) is 48.7 Å². The number of rotatable bonds is 6. The Balaban J connectivity index is 1.60. The molecule has 2 aromatic carbocycles. The zero-order valence-electron chi connectivity index (χ0n) is 22.1. The van der Waals surface area contributed by atoms with Crippen LogP contribution in [0.2, 0.25) is 0 Å². The highest BCUT2D eigenvalue weighted by Gasteiger charge is 2.50. The van der Waals surface area contributed by atoms with Gasteiger partial charge in [0.2, 0.25) is 17.7 Å². The predicted molar refractivity (Wildman–Crippen MR) is 142 cm³/mol. The first kappa shape index (κ1) is 25.0. The third kappa shape index (κ3) is 4.28. The number of aryl methyl sites for hydroxylation is 1. The molecule has 3 aromatic rings. The highest BCUT2D eigenvalue weighted by Crippen LogP contribution is 2.37. The van der Waals surface area contributed by atoms with Gasteiger partial charge in [0.25, 0.3) is 0 Å². The number of aromatic nitrogens is 2. The van der Waals surface area contributed by atoms with E-state index in [1.807, 2.05) is 51.2 Å². The van der Waals surface area contributed by atoms with Gasteiger partial charge in [0.15, 0.2) is 0 Å². The number of carbonyl (C=O) groups is 3. The van der Waals surface area contributed by atoms with E-state index >= 15 is 0 Å². The topological polar surface area (TPSA) is 87.5 Å². The summed E-state index contributed by atoms with van der Waals surface area (Å²) in [5.41, 5.74) is 4.05. The molecular weight excluding hydrogens is 466 g/mol. The molecule has 1 fully saturated rings. The number of nitrogens with one attached hydrogen (secondary N) is 1. The highest BCUT2D eigenvalue weighted by atomic mass is 16.2. The monoisotopic (exact) mass is 501 g/mol. The Hall–Kier alpha value is -3.68. The van der Waals surface area contributed by atoms with Crippen molar-refractivity contribution < 1.29 is 14.4 Å². The maximum atomic E-state index is 14.4. The lowest BCUT2D eigenvalue weighted by Gasteiger charge is -2.46. The predicted octanol–water partition coefficient (Wildman–Crippen LogP) is 2.86. The van der Waals surface area contributed by atoms with Crippen molar-refractivity contribution in [3.8, 4) is 0 Å². The number of benzene rings is 2. The van der Waals surface area contributed by atoms with E-state index in [9.17, 15) is 14.4 Å². The first-order chi connectivity index (χ1) is 17.7. The Morgan fingerprint density at radius 2 is 1.81 bits per heavy atom. The van der Waals surface area contributed by atoms with Crippen LogP contribution >= 0.6 is 0 Å². The van der Waals surface area contributed by atoms with Gasteiger partial charge >= 0.3 is 0 Å². The van der Waals surface area contributed by atoms with E-state index in [1.165, 1.54) is 16.0 Å².